The molecule has 1 amide bonds. The van der Waals surface area contributed by atoms with Crippen LogP contribution in [-0.2, 0) is 4.79 Å². The molecular weight excluding hydrogens is 286 g/mol. The predicted molar refractivity (Wildman–Crippen MR) is 94.6 cm³/mol. The molecule has 1 N–H and O–H groups in total. The molecule has 0 saturated carbocycles. The van der Waals surface area contributed by atoms with Crippen molar-refractivity contribution >= 4 is 5.91 Å². The van der Waals surface area contributed by atoms with Crippen molar-refractivity contribution in [2.24, 2.45) is 5.92 Å². The number of carbonyl (C=O) groups is 1. The molecule has 0 aliphatic rings. The average molecular weight is 311 g/mol. The van der Waals surface area contributed by atoms with Crippen molar-refractivity contribution in [3.8, 4) is 16.9 Å². The maximum atomic E-state index is 11.8. The van der Waals surface area contributed by atoms with Gasteiger partial charge < -0.3 is 10.1 Å². The van der Waals surface area contributed by atoms with Gasteiger partial charge in [0.05, 0.1) is 0 Å². The number of hydrogen-bond acceptors (Lipinski definition) is 2. The Bertz CT molecular complexity index is 630. The van der Waals surface area contributed by atoms with Crippen molar-refractivity contribution < 1.29 is 9.53 Å². The third-order valence-corrected chi connectivity index (χ3v) is 4.00. The van der Waals surface area contributed by atoms with Crippen molar-refractivity contribution in [2.75, 3.05) is 6.61 Å². The Kier molecular flexibility index (Phi) is 5.80. The van der Waals surface area contributed by atoms with Crippen LogP contribution in [0.3, 0.4) is 0 Å². The smallest absolute Gasteiger partial charge is 0.258 e. The number of rotatable bonds is 6. The summed E-state index contributed by atoms with van der Waals surface area (Å²) in [6.07, 6.45) is 0. The maximum absolute atomic E-state index is 11.8. The Morgan fingerprint density at radius 1 is 0.957 bits per heavy atom. The average Bonchev–Trinajstić information content (AvgIpc) is 2.54. The largest absolute Gasteiger partial charge is 0.484 e. The van der Waals surface area contributed by atoms with Crippen molar-refractivity contribution in [1.29, 1.82) is 0 Å². The number of carbonyl (C=O) groups excluding carboxylic acids is 1. The van der Waals surface area contributed by atoms with Gasteiger partial charge in [-0.05, 0) is 43.0 Å². The van der Waals surface area contributed by atoms with Gasteiger partial charge in [0.2, 0.25) is 0 Å². The number of amides is 1. The summed E-state index contributed by atoms with van der Waals surface area (Å²) < 4.78 is 5.55. The highest BCUT2D eigenvalue weighted by Gasteiger charge is 2.11. The fraction of sp³-hybridized carbons (Fsp3) is 0.350. The van der Waals surface area contributed by atoms with Crippen LogP contribution in [0.1, 0.15) is 26.3 Å². The van der Waals surface area contributed by atoms with E-state index in [1.807, 2.05) is 31.2 Å². The molecule has 2 rings (SSSR count). The minimum Gasteiger partial charge on any atom is -0.484 e. The van der Waals surface area contributed by atoms with Crippen LogP contribution in [0.15, 0.2) is 48.5 Å². The van der Waals surface area contributed by atoms with Crippen LogP contribution < -0.4 is 10.1 Å². The van der Waals surface area contributed by atoms with Crippen molar-refractivity contribution in [3.63, 3.8) is 0 Å². The Labute approximate surface area is 138 Å². The van der Waals surface area contributed by atoms with E-state index in [2.05, 4.69) is 50.4 Å². The van der Waals surface area contributed by atoms with E-state index in [1.54, 1.807) is 0 Å². The molecule has 3 heteroatoms. The molecule has 1 atom stereocenters. The molecule has 0 spiro atoms. The molecule has 0 aromatic heterocycles. The predicted octanol–water partition coefficient (Wildman–Crippen LogP) is 4.20. The van der Waals surface area contributed by atoms with Gasteiger partial charge in [-0.15, -0.1) is 0 Å². The summed E-state index contributed by atoms with van der Waals surface area (Å²) in [4.78, 5) is 11.8. The topological polar surface area (TPSA) is 38.3 Å². The fourth-order valence-corrected chi connectivity index (χ4v) is 2.10. The first-order chi connectivity index (χ1) is 11.0. The van der Waals surface area contributed by atoms with Gasteiger partial charge in [-0.25, -0.2) is 0 Å². The van der Waals surface area contributed by atoms with E-state index in [9.17, 15) is 4.79 Å². The summed E-state index contributed by atoms with van der Waals surface area (Å²) in [5.74, 6) is 1.02. The standard InChI is InChI=1S/C20H25NO2/c1-14(2)16(4)21-20(22)13-23-19-11-9-18(10-12-19)17-7-5-15(3)6-8-17/h5-12,14,16H,13H2,1-4H3,(H,21,22). The summed E-state index contributed by atoms with van der Waals surface area (Å²) >= 11 is 0. The molecule has 0 saturated heterocycles. The molecule has 2 aromatic carbocycles. The second kappa shape index (κ2) is 7.82. The summed E-state index contributed by atoms with van der Waals surface area (Å²) in [5, 5.41) is 2.93. The summed E-state index contributed by atoms with van der Waals surface area (Å²) in [6, 6.07) is 16.4. The zero-order valence-corrected chi connectivity index (χ0v) is 14.3. The van der Waals surface area contributed by atoms with Crippen LogP contribution in [0, 0.1) is 12.8 Å². The van der Waals surface area contributed by atoms with Gasteiger partial charge in [0.1, 0.15) is 5.75 Å². The lowest BCUT2D eigenvalue weighted by molar-refractivity contribution is -0.124. The lowest BCUT2D eigenvalue weighted by Crippen LogP contribution is -2.38. The quantitative estimate of drug-likeness (QED) is 0.868. The minimum absolute atomic E-state index is 0.0426. The summed E-state index contributed by atoms with van der Waals surface area (Å²) in [7, 11) is 0. The van der Waals surface area contributed by atoms with Gasteiger partial charge in [-0.3, -0.25) is 4.79 Å². The van der Waals surface area contributed by atoms with Gasteiger partial charge in [0.15, 0.2) is 6.61 Å². The molecular formula is C20H25NO2. The molecule has 0 bridgehead atoms. The molecule has 0 fully saturated rings. The Morgan fingerprint density at radius 3 is 2.00 bits per heavy atom. The summed E-state index contributed by atoms with van der Waals surface area (Å²) in [5.41, 5.74) is 3.55. The fourth-order valence-electron chi connectivity index (χ4n) is 2.10. The molecule has 1 unspecified atom stereocenters. The van der Waals surface area contributed by atoms with Crippen molar-refractivity contribution in [3.05, 3.63) is 54.1 Å². The Morgan fingerprint density at radius 2 is 1.48 bits per heavy atom. The van der Waals surface area contributed by atoms with Crippen LogP contribution in [0.25, 0.3) is 11.1 Å². The maximum Gasteiger partial charge on any atom is 0.258 e. The second-order valence-electron chi connectivity index (χ2n) is 6.28. The summed E-state index contributed by atoms with van der Waals surface area (Å²) in [6.45, 7) is 8.27. The third kappa shape index (κ3) is 5.13. The number of ether oxygens (including phenoxy) is 1. The van der Waals surface area contributed by atoms with Crippen molar-refractivity contribution in [1.82, 2.24) is 5.32 Å². The number of benzene rings is 2. The van der Waals surface area contributed by atoms with Gasteiger partial charge in [-0.1, -0.05) is 55.8 Å². The first-order valence-electron chi connectivity index (χ1n) is 8.05. The van der Waals surface area contributed by atoms with E-state index in [1.165, 1.54) is 11.1 Å². The van der Waals surface area contributed by atoms with E-state index in [0.29, 0.717) is 11.7 Å². The van der Waals surface area contributed by atoms with Crippen LogP contribution >= 0.6 is 0 Å². The molecule has 0 heterocycles. The monoisotopic (exact) mass is 311 g/mol. The van der Waals surface area contributed by atoms with Crippen LogP contribution in [0.5, 0.6) is 5.75 Å². The zero-order valence-electron chi connectivity index (χ0n) is 14.3. The zero-order chi connectivity index (χ0) is 16.8. The minimum atomic E-state index is -0.0891. The molecule has 23 heavy (non-hydrogen) atoms. The van der Waals surface area contributed by atoms with Gasteiger partial charge >= 0.3 is 0 Å². The highest BCUT2D eigenvalue weighted by molar-refractivity contribution is 5.77. The number of aryl methyl sites for hydroxylation is 1. The number of hydrogen-bond donors (Lipinski definition) is 1. The van der Waals surface area contributed by atoms with E-state index >= 15 is 0 Å². The lowest BCUT2D eigenvalue weighted by atomic mass is 10.0. The molecule has 0 aliphatic carbocycles. The van der Waals surface area contributed by atoms with E-state index < -0.39 is 0 Å². The SMILES string of the molecule is Cc1ccc(-c2ccc(OCC(=O)NC(C)C(C)C)cc2)cc1. The van der Waals surface area contributed by atoms with Gasteiger partial charge in [0.25, 0.3) is 5.91 Å². The first kappa shape index (κ1) is 17.1. The molecule has 3 nitrogen and oxygen atoms in total. The molecule has 0 aliphatic heterocycles. The Hall–Kier alpha value is -2.29. The lowest BCUT2D eigenvalue weighted by Gasteiger charge is -2.17. The van der Waals surface area contributed by atoms with Crippen molar-refractivity contribution in [2.45, 2.75) is 33.7 Å². The van der Waals surface area contributed by atoms with E-state index in [4.69, 9.17) is 4.74 Å². The highest BCUT2D eigenvalue weighted by atomic mass is 16.5. The molecule has 122 valence electrons. The van der Waals surface area contributed by atoms with E-state index in [0.717, 1.165) is 5.56 Å². The van der Waals surface area contributed by atoms with Crippen LogP contribution in [-0.4, -0.2) is 18.6 Å². The molecule has 0 radical (unpaired) electrons. The molecule has 2 aromatic rings. The number of nitrogens with one attached hydrogen (secondary N) is 1. The van der Waals surface area contributed by atoms with Gasteiger partial charge in [-0.2, -0.15) is 0 Å². The normalized spacial score (nSPS) is 12.0. The van der Waals surface area contributed by atoms with Gasteiger partial charge in [0, 0.05) is 6.04 Å². The third-order valence-electron chi connectivity index (χ3n) is 4.00. The first-order valence-corrected chi connectivity index (χ1v) is 8.05. The Balaban J connectivity index is 1.90. The second-order valence-corrected chi connectivity index (χ2v) is 6.28. The highest BCUT2D eigenvalue weighted by Crippen LogP contribution is 2.22. The van der Waals surface area contributed by atoms with E-state index in [-0.39, 0.29) is 18.6 Å². The van der Waals surface area contributed by atoms with Crippen LogP contribution in [0.4, 0.5) is 0 Å². The van der Waals surface area contributed by atoms with Crippen LogP contribution in [0.2, 0.25) is 0 Å².